The van der Waals surface area contributed by atoms with Crippen molar-refractivity contribution in [2.24, 2.45) is 0 Å². The molecule has 2 amide bonds. The summed E-state index contributed by atoms with van der Waals surface area (Å²) < 4.78 is 10.8. The van der Waals surface area contributed by atoms with Crippen LogP contribution in [-0.2, 0) is 0 Å². The number of hydrogen-bond acceptors (Lipinski definition) is 8. The van der Waals surface area contributed by atoms with Crippen LogP contribution in [0, 0.1) is 0 Å². The van der Waals surface area contributed by atoms with Crippen LogP contribution in [0.1, 0.15) is 32.6 Å². The second kappa shape index (κ2) is 11.7. The van der Waals surface area contributed by atoms with E-state index in [1.807, 2.05) is 35.2 Å². The Morgan fingerprint density at radius 3 is 2.47 bits per heavy atom. The molecule has 0 saturated carbocycles. The van der Waals surface area contributed by atoms with Crippen molar-refractivity contribution in [3.05, 3.63) is 30.3 Å². The Morgan fingerprint density at radius 2 is 1.75 bits per heavy atom. The molecular formula is C26H35N7O3. The van der Waals surface area contributed by atoms with Crippen LogP contribution in [0.5, 0.6) is 11.5 Å². The number of ether oxygens (including phenoxy) is 2. The quantitative estimate of drug-likeness (QED) is 0.433. The predicted octanol–water partition coefficient (Wildman–Crippen LogP) is 3.70. The van der Waals surface area contributed by atoms with Gasteiger partial charge in [0.2, 0.25) is 5.95 Å². The van der Waals surface area contributed by atoms with Gasteiger partial charge in [0.1, 0.15) is 5.52 Å². The monoisotopic (exact) mass is 493 g/mol. The van der Waals surface area contributed by atoms with Gasteiger partial charge in [0.05, 0.1) is 25.4 Å². The largest absolute Gasteiger partial charge is 0.493 e. The third-order valence-corrected chi connectivity index (χ3v) is 6.39. The van der Waals surface area contributed by atoms with Gasteiger partial charge in [-0.25, -0.2) is 14.8 Å². The maximum absolute atomic E-state index is 12.6. The maximum Gasteiger partial charge on any atom is 0.317 e. The van der Waals surface area contributed by atoms with Crippen molar-refractivity contribution in [1.82, 2.24) is 25.2 Å². The fourth-order valence-corrected chi connectivity index (χ4v) is 4.37. The number of carbonyl (C=O) groups excluding carboxylic acids is 1. The van der Waals surface area contributed by atoms with Crippen molar-refractivity contribution in [3.8, 4) is 22.8 Å². The normalized spacial score (nSPS) is 13.6. The molecule has 0 aliphatic carbocycles. The molecule has 192 valence electrons. The van der Waals surface area contributed by atoms with Gasteiger partial charge in [0, 0.05) is 38.3 Å². The maximum atomic E-state index is 12.6. The van der Waals surface area contributed by atoms with Gasteiger partial charge < -0.3 is 30.3 Å². The number of amides is 2. The molecule has 4 rings (SSSR count). The molecule has 0 atom stereocenters. The molecule has 0 radical (unpaired) electrons. The average Bonchev–Trinajstić information content (AvgIpc) is 2.91. The van der Waals surface area contributed by atoms with Crippen LogP contribution in [0.25, 0.3) is 22.3 Å². The van der Waals surface area contributed by atoms with Crippen LogP contribution in [0.3, 0.4) is 0 Å². The second-order valence-electron chi connectivity index (χ2n) is 8.81. The van der Waals surface area contributed by atoms with Gasteiger partial charge in [0.15, 0.2) is 17.3 Å². The van der Waals surface area contributed by atoms with Gasteiger partial charge >= 0.3 is 6.03 Å². The van der Waals surface area contributed by atoms with E-state index in [0.29, 0.717) is 54.5 Å². The van der Waals surface area contributed by atoms with E-state index < -0.39 is 0 Å². The van der Waals surface area contributed by atoms with Crippen molar-refractivity contribution in [1.29, 1.82) is 0 Å². The molecule has 0 unspecified atom stereocenters. The molecule has 2 aromatic heterocycles. The summed E-state index contributed by atoms with van der Waals surface area (Å²) in [5.41, 5.74) is 9.03. The molecule has 36 heavy (non-hydrogen) atoms. The highest BCUT2D eigenvalue weighted by atomic mass is 16.5. The van der Waals surface area contributed by atoms with Crippen LogP contribution in [0.4, 0.5) is 16.6 Å². The molecule has 3 aromatic rings. The summed E-state index contributed by atoms with van der Waals surface area (Å²) in [7, 11) is 3.22. The fraction of sp³-hybridized carbons (Fsp3) is 0.462. The number of anilines is 2. The Kier molecular flexibility index (Phi) is 8.24. The van der Waals surface area contributed by atoms with Gasteiger partial charge in [-0.15, -0.1) is 0 Å². The van der Waals surface area contributed by atoms with E-state index in [9.17, 15) is 4.79 Å². The van der Waals surface area contributed by atoms with Gasteiger partial charge in [-0.2, -0.15) is 4.98 Å². The zero-order chi connectivity index (χ0) is 25.5. The first kappa shape index (κ1) is 25.3. The zero-order valence-corrected chi connectivity index (χ0v) is 21.3. The van der Waals surface area contributed by atoms with E-state index in [1.165, 1.54) is 12.8 Å². The number of carbonyl (C=O) groups is 1. The highest BCUT2D eigenvalue weighted by molar-refractivity contribution is 5.89. The lowest BCUT2D eigenvalue weighted by Crippen LogP contribution is -2.52. The second-order valence-corrected chi connectivity index (χ2v) is 8.81. The van der Waals surface area contributed by atoms with Gasteiger partial charge in [-0.1, -0.05) is 26.2 Å². The van der Waals surface area contributed by atoms with Crippen LogP contribution < -0.4 is 25.4 Å². The van der Waals surface area contributed by atoms with Gasteiger partial charge in [0.25, 0.3) is 0 Å². The number of fused-ring (bicyclic) bond motifs is 1. The summed E-state index contributed by atoms with van der Waals surface area (Å²) in [6.07, 6.45) is 4.54. The number of methoxy groups -OCH3 is 2. The van der Waals surface area contributed by atoms with E-state index in [-0.39, 0.29) is 12.0 Å². The molecule has 3 N–H and O–H groups in total. The first-order valence-electron chi connectivity index (χ1n) is 12.5. The Bertz CT molecular complexity index is 1200. The first-order valence-corrected chi connectivity index (χ1v) is 12.5. The number of nitrogens with two attached hydrogens (primary N) is 1. The van der Waals surface area contributed by atoms with E-state index in [2.05, 4.69) is 27.1 Å². The third kappa shape index (κ3) is 5.69. The highest BCUT2D eigenvalue weighted by Gasteiger charge is 2.24. The molecule has 1 aromatic carbocycles. The summed E-state index contributed by atoms with van der Waals surface area (Å²) >= 11 is 0. The van der Waals surface area contributed by atoms with E-state index in [1.54, 1.807) is 14.2 Å². The lowest BCUT2D eigenvalue weighted by molar-refractivity contribution is 0.194. The minimum absolute atomic E-state index is 0.00734. The van der Waals surface area contributed by atoms with Gasteiger partial charge in [-0.05, 0) is 36.8 Å². The van der Waals surface area contributed by atoms with Crippen LogP contribution in [-0.4, -0.2) is 72.8 Å². The lowest BCUT2D eigenvalue weighted by Gasteiger charge is -2.35. The Balaban J connectivity index is 1.51. The zero-order valence-electron chi connectivity index (χ0n) is 21.3. The minimum Gasteiger partial charge on any atom is -0.493 e. The summed E-state index contributed by atoms with van der Waals surface area (Å²) in [6, 6.07) is 9.49. The number of urea groups is 1. The number of nitrogen functional groups attached to an aromatic ring is 1. The van der Waals surface area contributed by atoms with Crippen molar-refractivity contribution >= 4 is 28.8 Å². The van der Waals surface area contributed by atoms with Crippen LogP contribution in [0.15, 0.2) is 30.3 Å². The van der Waals surface area contributed by atoms with Crippen molar-refractivity contribution < 1.29 is 14.3 Å². The summed E-state index contributed by atoms with van der Waals surface area (Å²) in [5, 5.41) is 3.04. The molecule has 1 aliphatic heterocycles. The molecule has 10 nitrogen and oxygen atoms in total. The molecule has 1 aliphatic rings. The van der Waals surface area contributed by atoms with Crippen molar-refractivity contribution in [2.45, 2.75) is 32.6 Å². The Morgan fingerprint density at radius 1 is 0.972 bits per heavy atom. The molecule has 1 saturated heterocycles. The minimum atomic E-state index is -0.00734. The first-order chi connectivity index (χ1) is 17.5. The average molecular weight is 494 g/mol. The Labute approximate surface area is 211 Å². The summed E-state index contributed by atoms with van der Waals surface area (Å²) in [6.45, 7) is 5.37. The smallest absolute Gasteiger partial charge is 0.317 e. The molecule has 0 bridgehead atoms. The molecule has 3 heterocycles. The highest BCUT2D eigenvalue weighted by Crippen LogP contribution is 2.33. The number of nitrogens with one attached hydrogen (secondary N) is 1. The van der Waals surface area contributed by atoms with Crippen LogP contribution >= 0.6 is 0 Å². The van der Waals surface area contributed by atoms with Crippen molar-refractivity contribution in [3.63, 3.8) is 0 Å². The lowest BCUT2D eigenvalue weighted by atomic mass is 10.1. The number of hydrogen-bond donors (Lipinski definition) is 2. The summed E-state index contributed by atoms with van der Waals surface area (Å²) in [4.78, 5) is 30.4. The number of piperazine rings is 1. The number of nitrogens with zero attached hydrogens (tertiary/aromatic N) is 5. The van der Waals surface area contributed by atoms with E-state index in [0.717, 1.165) is 30.6 Å². The van der Waals surface area contributed by atoms with Gasteiger partial charge in [-0.3, -0.25) is 0 Å². The predicted molar refractivity (Wildman–Crippen MR) is 142 cm³/mol. The fourth-order valence-electron chi connectivity index (χ4n) is 4.37. The number of rotatable bonds is 9. The van der Waals surface area contributed by atoms with Crippen LogP contribution in [0.2, 0.25) is 0 Å². The molecule has 0 spiro atoms. The standard InChI is InChI=1S/C26H35N7O3/c1-4-5-6-7-12-28-26(34)33-15-13-32(14-16-33)24-23-20(30-25(27)31-24)10-9-19(29-23)18-8-11-21(35-2)22(17-18)36-3/h8-11,17H,4-7,12-16H2,1-3H3,(H,28,34)(H2,27,30,31). The molecule has 1 fully saturated rings. The third-order valence-electron chi connectivity index (χ3n) is 6.39. The molecular weight excluding hydrogens is 458 g/mol. The van der Waals surface area contributed by atoms with Crippen molar-refractivity contribution in [2.75, 3.05) is 57.6 Å². The summed E-state index contributed by atoms with van der Waals surface area (Å²) in [5.74, 6) is 2.16. The number of benzene rings is 1. The number of unbranched alkanes of at least 4 members (excludes halogenated alkanes) is 3. The SMILES string of the molecule is CCCCCCNC(=O)N1CCN(c2nc(N)nc3ccc(-c4ccc(OC)c(OC)c4)nc23)CC1. The number of pyridine rings is 1. The van der Waals surface area contributed by atoms with E-state index in [4.69, 9.17) is 20.2 Å². The topological polar surface area (TPSA) is 119 Å². The number of aromatic nitrogens is 3. The molecule has 10 heteroatoms. The van der Waals surface area contributed by atoms with E-state index >= 15 is 0 Å². The Hall–Kier alpha value is -3.82.